The summed E-state index contributed by atoms with van der Waals surface area (Å²) < 4.78 is 5.36. The lowest BCUT2D eigenvalue weighted by Crippen LogP contribution is -2.39. The van der Waals surface area contributed by atoms with E-state index in [0.717, 1.165) is 37.2 Å². The average Bonchev–Trinajstić information content (AvgIpc) is 3.36. The number of hydrogen-bond donors (Lipinski definition) is 0. The number of nitrogens with zero attached hydrogens (tertiary/aromatic N) is 2. The van der Waals surface area contributed by atoms with E-state index in [4.69, 9.17) is 27.9 Å². The minimum Gasteiger partial charge on any atom is -0.384 e. The predicted octanol–water partition coefficient (Wildman–Crippen LogP) is 5.63. The lowest BCUT2D eigenvalue weighted by atomic mass is 9.89. The van der Waals surface area contributed by atoms with Crippen molar-refractivity contribution in [3.63, 3.8) is 0 Å². The number of hydrogen-bond acceptors (Lipinski definition) is 4. The maximum absolute atomic E-state index is 6.45. The molecule has 0 N–H and O–H groups in total. The van der Waals surface area contributed by atoms with Gasteiger partial charge in [-0.15, -0.1) is 0 Å². The predicted molar refractivity (Wildman–Crippen MR) is 123 cm³/mol. The van der Waals surface area contributed by atoms with Crippen molar-refractivity contribution >= 4 is 34.5 Å². The largest absolute Gasteiger partial charge is 0.384 e. The second-order valence-electron chi connectivity index (χ2n) is 8.55. The molecule has 6 heteroatoms. The molecule has 0 radical (unpaired) electrons. The Labute approximate surface area is 188 Å². The van der Waals surface area contributed by atoms with Gasteiger partial charge < -0.3 is 9.64 Å². The monoisotopic (exact) mass is 452 g/mol. The van der Waals surface area contributed by atoms with E-state index in [9.17, 15) is 0 Å². The van der Waals surface area contributed by atoms with E-state index in [-0.39, 0.29) is 0 Å². The first-order valence-corrected chi connectivity index (χ1v) is 12.2. The van der Waals surface area contributed by atoms with Crippen LogP contribution in [0, 0.1) is 11.8 Å². The summed E-state index contributed by atoms with van der Waals surface area (Å²) in [5, 5.41) is 6.02. The second kappa shape index (κ2) is 10.1. The summed E-state index contributed by atoms with van der Waals surface area (Å²) in [5.41, 5.74) is 2.67. The molecule has 1 aromatic carbocycles. The van der Waals surface area contributed by atoms with Gasteiger partial charge in [-0.3, -0.25) is 4.90 Å². The molecule has 2 aliphatic rings. The van der Waals surface area contributed by atoms with Gasteiger partial charge in [-0.05, 0) is 77.9 Å². The smallest absolute Gasteiger partial charge is 0.0491 e. The van der Waals surface area contributed by atoms with Crippen LogP contribution in [0.15, 0.2) is 35.0 Å². The third-order valence-corrected chi connectivity index (χ3v) is 7.79. The highest BCUT2D eigenvalue weighted by Crippen LogP contribution is 2.36. The number of likely N-dealkylation sites (tertiary alicyclic amines) is 2. The molecule has 2 atom stereocenters. The van der Waals surface area contributed by atoms with Gasteiger partial charge in [0.1, 0.15) is 0 Å². The summed E-state index contributed by atoms with van der Waals surface area (Å²) >= 11 is 14.3. The minimum absolute atomic E-state index is 0.601. The standard InChI is InChI=1S/C23H30Cl2N2OS/c1-28-15-17-4-7-26(8-5-17)12-20-13-27(14-22(20)19-6-9-29-16-19)11-18-2-3-21(24)10-23(18)25/h2-3,6,9-10,16-17,20,22H,4-5,7-8,11-15H2,1H3/t20-,22+/m0/s1. The first kappa shape index (κ1) is 21.6. The molecule has 4 rings (SSSR count). The number of methoxy groups -OCH3 is 1. The lowest BCUT2D eigenvalue weighted by Gasteiger charge is -2.34. The van der Waals surface area contributed by atoms with Crippen LogP contribution < -0.4 is 0 Å². The van der Waals surface area contributed by atoms with Crippen LogP contribution in [-0.4, -0.2) is 56.2 Å². The summed E-state index contributed by atoms with van der Waals surface area (Å²) in [4.78, 5) is 5.24. The summed E-state index contributed by atoms with van der Waals surface area (Å²) in [7, 11) is 1.82. The van der Waals surface area contributed by atoms with Gasteiger partial charge in [0.25, 0.3) is 0 Å². The van der Waals surface area contributed by atoms with Gasteiger partial charge in [-0.2, -0.15) is 11.3 Å². The Morgan fingerprint density at radius 3 is 2.62 bits per heavy atom. The van der Waals surface area contributed by atoms with E-state index >= 15 is 0 Å². The van der Waals surface area contributed by atoms with Gasteiger partial charge >= 0.3 is 0 Å². The van der Waals surface area contributed by atoms with E-state index in [0.29, 0.717) is 16.9 Å². The maximum Gasteiger partial charge on any atom is 0.0491 e. The van der Waals surface area contributed by atoms with Crippen molar-refractivity contribution < 1.29 is 4.74 Å². The Morgan fingerprint density at radius 2 is 1.93 bits per heavy atom. The molecule has 1 aromatic heterocycles. The number of ether oxygens (including phenoxy) is 1. The first-order chi connectivity index (χ1) is 14.1. The third kappa shape index (κ3) is 5.55. The minimum atomic E-state index is 0.601. The summed E-state index contributed by atoms with van der Waals surface area (Å²) in [5.74, 6) is 2.00. The van der Waals surface area contributed by atoms with E-state index in [2.05, 4.69) is 32.7 Å². The number of benzene rings is 1. The second-order valence-corrected chi connectivity index (χ2v) is 10.2. The van der Waals surface area contributed by atoms with Crippen molar-refractivity contribution in [2.75, 3.05) is 46.4 Å². The fourth-order valence-corrected chi connectivity index (χ4v) is 6.13. The SMILES string of the molecule is COCC1CCN(C[C@H]2CN(Cc3ccc(Cl)cc3Cl)C[C@@H]2c2ccsc2)CC1. The van der Waals surface area contributed by atoms with Gasteiger partial charge in [-0.25, -0.2) is 0 Å². The first-order valence-electron chi connectivity index (χ1n) is 10.5. The highest BCUT2D eigenvalue weighted by atomic mass is 35.5. The fourth-order valence-electron chi connectivity index (χ4n) is 4.93. The maximum atomic E-state index is 6.45. The van der Waals surface area contributed by atoms with Crippen molar-refractivity contribution in [3.05, 3.63) is 56.2 Å². The van der Waals surface area contributed by atoms with Crippen LogP contribution in [-0.2, 0) is 11.3 Å². The molecular weight excluding hydrogens is 423 g/mol. The van der Waals surface area contributed by atoms with Gasteiger partial charge in [0.05, 0.1) is 0 Å². The van der Waals surface area contributed by atoms with Gasteiger partial charge in [-0.1, -0.05) is 29.3 Å². The van der Waals surface area contributed by atoms with Crippen LogP contribution in [0.4, 0.5) is 0 Å². The molecular formula is C23H30Cl2N2OS. The Morgan fingerprint density at radius 1 is 1.10 bits per heavy atom. The van der Waals surface area contributed by atoms with E-state index in [1.165, 1.54) is 43.6 Å². The highest BCUT2D eigenvalue weighted by molar-refractivity contribution is 7.08. The lowest BCUT2D eigenvalue weighted by molar-refractivity contribution is 0.0918. The van der Waals surface area contributed by atoms with Crippen LogP contribution in [0.25, 0.3) is 0 Å². The van der Waals surface area contributed by atoms with Crippen molar-refractivity contribution in [2.24, 2.45) is 11.8 Å². The van der Waals surface area contributed by atoms with E-state index in [1.54, 1.807) is 0 Å². The molecule has 0 spiro atoms. The summed E-state index contributed by atoms with van der Waals surface area (Å²) in [6, 6.07) is 8.17. The molecule has 0 unspecified atom stereocenters. The molecule has 2 aromatic rings. The Hall–Kier alpha value is -0.620. The molecule has 3 heterocycles. The zero-order valence-corrected chi connectivity index (χ0v) is 19.4. The van der Waals surface area contributed by atoms with Gasteiger partial charge in [0.15, 0.2) is 0 Å². The Bertz CT molecular complexity index is 777. The van der Waals surface area contributed by atoms with Crippen LogP contribution in [0.3, 0.4) is 0 Å². The molecule has 0 amide bonds. The van der Waals surface area contributed by atoms with Gasteiger partial charge in [0, 0.05) is 55.9 Å². The molecule has 158 valence electrons. The molecule has 3 nitrogen and oxygen atoms in total. The van der Waals surface area contributed by atoms with Crippen molar-refractivity contribution in [3.8, 4) is 0 Å². The average molecular weight is 453 g/mol. The van der Waals surface area contributed by atoms with E-state index < -0.39 is 0 Å². The molecule has 2 fully saturated rings. The number of thiophene rings is 1. The van der Waals surface area contributed by atoms with Crippen LogP contribution in [0.1, 0.15) is 29.9 Å². The third-order valence-electron chi connectivity index (χ3n) is 6.50. The van der Waals surface area contributed by atoms with E-state index in [1.807, 2.05) is 30.6 Å². The Balaban J connectivity index is 1.41. The van der Waals surface area contributed by atoms with Crippen LogP contribution in [0.2, 0.25) is 10.0 Å². The van der Waals surface area contributed by atoms with Gasteiger partial charge in [0.2, 0.25) is 0 Å². The zero-order valence-electron chi connectivity index (χ0n) is 17.0. The molecule has 29 heavy (non-hydrogen) atoms. The molecule has 2 aliphatic heterocycles. The molecule has 0 aliphatic carbocycles. The Kier molecular flexibility index (Phi) is 7.54. The normalized spacial score (nSPS) is 24.4. The van der Waals surface area contributed by atoms with Crippen LogP contribution >= 0.6 is 34.5 Å². The summed E-state index contributed by atoms with van der Waals surface area (Å²) in [6.45, 7) is 7.60. The quantitative estimate of drug-likeness (QED) is 0.541. The van der Waals surface area contributed by atoms with Crippen molar-refractivity contribution in [1.29, 1.82) is 0 Å². The topological polar surface area (TPSA) is 15.7 Å². The highest BCUT2D eigenvalue weighted by Gasteiger charge is 2.35. The molecule has 2 saturated heterocycles. The van der Waals surface area contributed by atoms with Crippen molar-refractivity contribution in [2.45, 2.75) is 25.3 Å². The van der Waals surface area contributed by atoms with Crippen molar-refractivity contribution in [1.82, 2.24) is 9.80 Å². The number of piperidine rings is 1. The fraction of sp³-hybridized carbons (Fsp3) is 0.565. The molecule has 0 saturated carbocycles. The molecule has 0 bridgehead atoms. The van der Waals surface area contributed by atoms with Crippen LogP contribution in [0.5, 0.6) is 0 Å². The number of rotatable bonds is 7. The number of halogens is 2. The summed E-state index contributed by atoms with van der Waals surface area (Å²) in [6.07, 6.45) is 2.52. The zero-order chi connectivity index (χ0) is 20.2.